The van der Waals surface area contributed by atoms with Crippen LogP contribution in [0.2, 0.25) is 0 Å². The fourth-order valence-corrected chi connectivity index (χ4v) is 4.03. The molecule has 182 valence electrons. The second-order valence-electron chi connectivity index (χ2n) is 8.06. The van der Waals surface area contributed by atoms with E-state index < -0.39 is 29.3 Å². The summed E-state index contributed by atoms with van der Waals surface area (Å²) in [7, 11) is 0. The predicted octanol–water partition coefficient (Wildman–Crippen LogP) is 6.33. The number of carboxylic acid groups (broad SMARTS) is 1. The summed E-state index contributed by atoms with van der Waals surface area (Å²) in [6.45, 7) is -0.387. The third-order valence-corrected chi connectivity index (χ3v) is 5.65. The number of carboxylic acids is 1. The highest BCUT2D eigenvalue weighted by molar-refractivity contribution is 5.97. The molecule has 0 spiro atoms. The van der Waals surface area contributed by atoms with E-state index in [9.17, 15) is 31.9 Å². The van der Waals surface area contributed by atoms with E-state index in [1.54, 1.807) is 6.07 Å². The van der Waals surface area contributed by atoms with Crippen molar-refractivity contribution in [2.24, 2.45) is 0 Å². The van der Waals surface area contributed by atoms with E-state index in [1.165, 1.54) is 18.2 Å². The number of nitrogens with zero attached hydrogens (tertiary/aromatic N) is 1. The molecule has 3 N–H and O–H groups in total. The molecule has 0 fully saturated rings. The Morgan fingerprint density at radius 1 is 1.06 bits per heavy atom. The zero-order valence-corrected chi connectivity index (χ0v) is 18.1. The lowest BCUT2D eigenvalue weighted by atomic mass is 9.95. The number of nitrogens with two attached hydrogens (primary N) is 1. The molecule has 1 heterocycles. The Hall–Kier alpha value is -3.95. The number of benzene rings is 2. The predicted molar refractivity (Wildman–Crippen MR) is 118 cm³/mol. The van der Waals surface area contributed by atoms with Crippen molar-refractivity contribution in [1.82, 2.24) is 4.98 Å². The molecular weight excluding hydrogens is 471 g/mol. The van der Waals surface area contributed by atoms with Gasteiger partial charge < -0.3 is 15.6 Å². The zero-order chi connectivity index (χ0) is 25.3. The van der Waals surface area contributed by atoms with Gasteiger partial charge in [0.05, 0.1) is 11.1 Å². The van der Waals surface area contributed by atoms with Crippen molar-refractivity contribution in [3.8, 4) is 5.88 Å². The number of anilines is 1. The highest BCUT2D eigenvalue weighted by atomic mass is 19.4. The Labute approximate surface area is 196 Å². The lowest BCUT2D eigenvalue weighted by molar-refractivity contribution is -0.137. The van der Waals surface area contributed by atoms with E-state index >= 15 is 0 Å². The number of pyridine rings is 1. The first kappa shape index (κ1) is 24.2. The van der Waals surface area contributed by atoms with E-state index in [-0.39, 0.29) is 34.9 Å². The molecule has 1 aliphatic carbocycles. The average molecular weight is 490 g/mol. The van der Waals surface area contributed by atoms with Gasteiger partial charge in [0.2, 0.25) is 5.88 Å². The number of rotatable bonds is 6. The normalized spacial score (nSPS) is 13.9. The maximum absolute atomic E-state index is 14.0. The number of nitrogen functional groups attached to an aromatic ring is 1. The number of hydrogen-bond acceptors (Lipinski definition) is 4. The van der Waals surface area contributed by atoms with Crippen LogP contribution in [-0.4, -0.2) is 16.1 Å². The summed E-state index contributed by atoms with van der Waals surface area (Å²) in [5, 5.41) is 9.37. The molecule has 5 nitrogen and oxygen atoms in total. The van der Waals surface area contributed by atoms with Gasteiger partial charge in [-0.3, -0.25) is 0 Å². The van der Waals surface area contributed by atoms with Crippen LogP contribution in [-0.2, 0) is 12.8 Å². The molecule has 0 saturated carbocycles. The number of allylic oxidation sites excluding steroid dienone is 2. The van der Waals surface area contributed by atoms with Crippen molar-refractivity contribution in [2.45, 2.75) is 32.0 Å². The van der Waals surface area contributed by atoms with Crippen LogP contribution in [0, 0.1) is 11.6 Å². The van der Waals surface area contributed by atoms with Crippen LogP contribution in [0.25, 0.3) is 11.1 Å². The van der Waals surface area contributed by atoms with E-state index in [0.29, 0.717) is 48.2 Å². The van der Waals surface area contributed by atoms with Gasteiger partial charge in [-0.25, -0.2) is 18.6 Å². The summed E-state index contributed by atoms with van der Waals surface area (Å²) in [5.74, 6) is -2.98. The average Bonchev–Trinajstić information content (AvgIpc) is 3.27. The van der Waals surface area contributed by atoms with Gasteiger partial charge in [0.15, 0.2) is 0 Å². The van der Waals surface area contributed by atoms with Crippen molar-refractivity contribution < 1.29 is 36.6 Å². The maximum Gasteiger partial charge on any atom is 0.417 e. The number of aromatic carboxylic acids is 1. The SMILES string of the molecule is Nc1cc(C(=O)O)cc(C2=C(c3cc(C(F)(F)F)cnc3OCc3ccc(F)cc3F)CCC2)c1. The van der Waals surface area contributed by atoms with Gasteiger partial charge >= 0.3 is 12.1 Å². The molecule has 0 saturated heterocycles. The Bertz CT molecular complexity index is 1340. The van der Waals surface area contributed by atoms with E-state index in [0.717, 1.165) is 12.1 Å². The Kier molecular flexibility index (Phi) is 6.47. The van der Waals surface area contributed by atoms with Crippen molar-refractivity contribution in [3.05, 3.63) is 88.1 Å². The number of ether oxygens (including phenoxy) is 1. The Morgan fingerprint density at radius 2 is 1.80 bits per heavy atom. The quantitative estimate of drug-likeness (QED) is 0.311. The molecule has 0 unspecified atom stereocenters. The fraction of sp³-hybridized carbons (Fsp3) is 0.200. The lowest BCUT2D eigenvalue weighted by Crippen LogP contribution is -2.09. The molecule has 35 heavy (non-hydrogen) atoms. The highest BCUT2D eigenvalue weighted by Gasteiger charge is 2.33. The lowest BCUT2D eigenvalue weighted by Gasteiger charge is -2.16. The minimum Gasteiger partial charge on any atom is -0.478 e. The molecular formula is C25H19F5N2O3. The smallest absolute Gasteiger partial charge is 0.417 e. The van der Waals surface area contributed by atoms with E-state index in [2.05, 4.69) is 4.98 Å². The van der Waals surface area contributed by atoms with Gasteiger partial charge in [-0.1, -0.05) is 0 Å². The van der Waals surface area contributed by atoms with E-state index in [1.807, 2.05) is 0 Å². The van der Waals surface area contributed by atoms with Crippen molar-refractivity contribution in [1.29, 1.82) is 0 Å². The Morgan fingerprint density at radius 3 is 2.49 bits per heavy atom. The molecule has 1 aromatic heterocycles. The van der Waals surface area contributed by atoms with Gasteiger partial charge in [0, 0.05) is 29.1 Å². The number of alkyl halides is 3. The van der Waals surface area contributed by atoms with Crippen LogP contribution in [0.1, 0.15) is 51.9 Å². The monoisotopic (exact) mass is 490 g/mol. The third kappa shape index (κ3) is 5.26. The van der Waals surface area contributed by atoms with E-state index in [4.69, 9.17) is 10.5 Å². The minimum atomic E-state index is -4.67. The van der Waals surface area contributed by atoms with Crippen LogP contribution in [0.5, 0.6) is 5.88 Å². The summed E-state index contributed by atoms with van der Waals surface area (Å²) < 4.78 is 73.3. The number of aromatic nitrogens is 1. The second kappa shape index (κ2) is 9.36. The van der Waals surface area contributed by atoms with Crippen LogP contribution in [0.4, 0.5) is 27.6 Å². The molecule has 2 aromatic carbocycles. The van der Waals surface area contributed by atoms with Gasteiger partial charge in [-0.05, 0) is 72.4 Å². The van der Waals surface area contributed by atoms with Crippen molar-refractivity contribution in [3.63, 3.8) is 0 Å². The zero-order valence-electron chi connectivity index (χ0n) is 18.1. The summed E-state index contributed by atoms with van der Waals surface area (Å²) in [6.07, 6.45) is -2.59. The Balaban J connectivity index is 1.81. The molecule has 0 amide bonds. The van der Waals surface area contributed by atoms with Gasteiger partial charge in [0.1, 0.15) is 18.2 Å². The fourth-order valence-electron chi connectivity index (χ4n) is 4.03. The first-order valence-electron chi connectivity index (χ1n) is 10.5. The third-order valence-electron chi connectivity index (χ3n) is 5.65. The maximum atomic E-state index is 14.0. The molecule has 0 bridgehead atoms. The molecule has 1 aliphatic rings. The topological polar surface area (TPSA) is 85.4 Å². The molecule has 10 heteroatoms. The van der Waals surface area contributed by atoms with Crippen molar-refractivity contribution in [2.75, 3.05) is 5.73 Å². The molecule has 0 aliphatic heterocycles. The number of halogens is 5. The largest absolute Gasteiger partial charge is 0.478 e. The molecule has 0 radical (unpaired) electrons. The van der Waals surface area contributed by atoms with Gasteiger partial charge in [-0.15, -0.1) is 0 Å². The van der Waals surface area contributed by atoms with Crippen molar-refractivity contribution >= 4 is 22.8 Å². The highest BCUT2D eigenvalue weighted by Crippen LogP contribution is 2.44. The van der Waals surface area contributed by atoms with Gasteiger partial charge in [-0.2, -0.15) is 13.2 Å². The van der Waals surface area contributed by atoms with Crippen LogP contribution >= 0.6 is 0 Å². The second-order valence-corrected chi connectivity index (χ2v) is 8.06. The minimum absolute atomic E-state index is 0.00149. The number of hydrogen-bond donors (Lipinski definition) is 2. The number of carbonyl (C=O) groups is 1. The summed E-state index contributed by atoms with van der Waals surface area (Å²) in [6, 6.07) is 8.07. The molecule has 3 aromatic rings. The molecule has 0 atom stereocenters. The summed E-state index contributed by atoms with van der Waals surface area (Å²) in [5.41, 5.74) is 6.68. The first-order valence-corrected chi connectivity index (χ1v) is 10.5. The summed E-state index contributed by atoms with van der Waals surface area (Å²) >= 11 is 0. The van der Waals surface area contributed by atoms with Gasteiger partial charge in [0.25, 0.3) is 0 Å². The van der Waals surface area contributed by atoms with Crippen LogP contribution in [0.15, 0.2) is 48.7 Å². The van der Waals surface area contributed by atoms with Crippen LogP contribution in [0.3, 0.4) is 0 Å². The summed E-state index contributed by atoms with van der Waals surface area (Å²) in [4.78, 5) is 15.3. The first-order chi connectivity index (χ1) is 16.5. The van der Waals surface area contributed by atoms with Crippen LogP contribution < -0.4 is 10.5 Å². The molecule has 4 rings (SSSR count). The standard InChI is InChI=1S/C25H19F5N2O3/c26-17-5-4-13(22(27)10-17)12-35-23-21(9-16(11-32-23)25(28,29)30)20-3-1-2-19(20)14-6-15(24(33)34)8-18(31)7-14/h4-11H,1-3,12,31H2,(H,33,34).